The van der Waals surface area contributed by atoms with Crippen LogP contribution in [-0.4, -0.2) is 80.4 Å². The summed E-state index contributed by atoms with van der Waals surface area (Å²) in [7, 11) is 0. The minimum absolute atomic E-state index is 0.0382. The summed E-state index contributed by atoms with van der Waals surface area (Å²) in [4.78, 5) is 82.1. The second-order valence-electron chi connectivity index (χ2n) is 15.4. The highest BCUT2D eigenvalue weighted by atomic mass is 16.2. The molecule has 1 aromatic carbocycles. The monoisotopic (exact) mass is 730 g/mol. The van der Waals surface area contributed by atoms with Gasteiger partial charge < -0.3 is 9.80 Å². The molecule has 3 atom stereocenters. The van der Waals surface area contributed by atoms with Gasteiger partial charge >= 0.3 is 0 Å². The number of piperidine rings is 1. The van der Waals surface area contributed by atoms with Crippen molar-refractivity contribution in [2.45, 2.75) is 77.9 Å². The zero-order valence-electron chi connectivity index (χ0n) is 32.1. The highest BCUT2D eigenvalue weighted by Crippen LogP contribution is 2.42. The maximum atomic E-state index is 13.3. The van der Waals surface area contributed by atoms with E-state index in [1.807, 2.05) is 68.2 Å². The summed E-state index contributed by atoms with van der Waals surface area (Å²) in [5.41, 5.74) is 2.25. The number of amides is 6. The molecule has 1 fully saturated rings. The Kier molecular flexibility index (Phi) is 11.5. The number of hydrogen-bond acceptors (Lipinski definition) is 6. The van der Waals surface area contributed by atoms with E-state index in [1.54, 1.807) is 29.2 Å². The number of para-hydroxylation sites is 1. The molecule has 3 unspecified atom stereocenters. The normalized spacial score (nSPS) is 25.4. The quantitative estimate of drug-likeness (QED) is 0.320. The second-order valence-corrected chi connectivity index (χ2v) is 15.4. The van der Waals surface area contributed by atoms with Gasteiger partial charge in [0, 0.05) is 29.9 Å². The Morgan fingerprint density at radius 1 is 0.796 bits per heavy atom. The van der Waals surface area contributed by atoms with Crippen LogP contribution in [0.25, 0.3) is 5.57 Å². The molecule has 0 bridgehead atoms. The number of nitrogens with zero attached hydrogens (tertiary/aromatic N) is 4. The number of anilines is 1. The van der Waals surface area contributed by atoms with Crippen LogP contribution in [-0.2, 0) is 28.8 Å². The Balaban J connectivity index is 0.000000208. The summed E-state index contributed by atoms with van der Waals surface area (Å²) >= 11 is 0. The van der Waals surface area contributed by atoms with Crippen molar-refractivity contribution in [3.63, 3.8) is 0 Å². The summed E-state index contributed by atoms with van der Waals surface area (Å²) < 4.78 is 0. The number of benzene rings is 1. The fourth-order valence-corrected chi connectivity index (χ4v) is 8.37. The van der Waals surface area contributed by atoms with Gasteiger partial charge in [0.2, 0.25) is 23.6 Å². The first kappa shape index (κ1) is 39.6. The van der Waals surface area contributed by atoms with Gasteiger partial charge in [0.1, 0.15) is 13.1 Å². The van der Waals surface area contributed by atoms with Crippen LogP contribution in [0.15, 0.2) is 115 Å². The Morgan fingerprint density at radius 3 is 1.94 bits per heavy atom. The van der Waals surface area contributed by atoms with Crippen molar-refractivity contribution in [1.29, 1.82) is 0 Å². The Labute approximate surface area is 318 Å². The van der Waals surface area contributed by atoms with Gasteiger partial charge in [-0.05, 0) is 58.6 Å². The third kappa shape index (κ3) is 7.69. The van der Waals surface area contributed by atoms with Gasteiger partial charge in [0.05, 0.1) is 28.4 Å². The van der Waals surface area contributed by atoms with Gasteiger partial charge in [0.15, 0.2) is 0 Å². The number of allylic oxidation sites excluding steroid dienone is 5. The van der Waals surface area contributed by atoms with Crippen molar-refractivity contribution in [2.24, 2.45) is 11.8 Å². The fourth-order valence-electron chi connectivity index (χ4n) is 8.37. The van der Waals surface area contributed by atoms with E-state index in [4.69, 9.17) is 0 Å². The van der Waals surface area contributed by atoms with E-state index in [-0.39, 0.29) is 78.2 Å². The van der Waals surface area contributed by atoms with Crippen LogP contribution in [0.5, 0.6) is 0 Å². The molecule has 0 saturated carbocycles. The summed E-state index contributed by atoms with van der Waals surface area (Å²) in [6.07, 6.45) is 21.0. The lowest BCUT2D eigenvalue weighted by Crippen LogP contribution is -2.62. The summed E-state index contributed by atoms with van der Waals surface area (Å²) in [5, 5.41) is 0. The zero-order chi connectivity index (χ0) is 39.5. The average molecular weight is 731 g/mol. The number of fused-ring (bicyclic) bond motifs is 2. The molecule has 0 spiro atoms. The van der Waals surface area contributed by atoms with Gasteiger partial charge in [-0.25, -0.2) is 0 Å². The summed E-state index contributed by atoms with van der Waals surface area (Å²) in [6, 6.07) is 7.58. The molecule has 54 heavy (non-hydrogen) atoms. The van der Waals surface area contributed by atoms with E-state index in [0.717, 1.165) is 33.0 Å². The standard InChI is InChI=1S/C22H22N2O3.C22H28N2O3/c1-6-15-16(7-2)21(27)23(20(15)26)13-19(25)24-18-11-9-8-10-17(18)14(3)12-22(24,4)5;1-16-14-22(2,3)24(18-11-9-8-10-17(16)18)21(27)15-23-19(25)12-6-4-5-7-13-20(23)26/h6-12H,1-2,13H2,3-5H3;4-11,16-18H,12-15H2,1-3H3/b;6-4-,7-5-. The Bertz CT molecular complexity index is 1920. The number of hydrogen-bond donors (Lipinski definition) is 0. The fraction of sp³-hybridized carbons (Fsp3) is 0.364. The molecule has 282 valence electrons. The zero-order valence-corrected chi connectivity index (χ0v) is 32.1. The first-order chi connectivity index (χ1) is 25.5. The molecule has 10 heteroatoms. The molecule has 10 nitrogen and oxygen atoms in total. The molecule has 0 radical (unpaired) electrons. The molecule has 5 aliphatic rings. The smallest absolute Gasteiger partial charge is 0.262 e. The SMILES string of the molecule is C=CC1=C(C=C)C(=O)N(CC(=O)N2c3ccccc3C(C)=CC2(C)C)C1=O.CC1CC(C)(C)N(C(=O)CN2C(=O)C/C=C\C=C/CC2=O)C2C=CC=CC12. The van der Waals surface area contributed by atoms with Crippen LogP contribution in [0.1, 0.15) is 66.4 Å². The number of rotatable bonds is 6. The predicted molar refractivity (Wildman–Crippen MR) is 210 cm³/mol. The average Bonchev–Trinajstić information content (AvgIpc) is 3.38. The minimum atomic E-state index is -0.586. The highest BCUT2D eigenvalue weighted by Gasteiger charge is 2.47. The molecule has 4 aliphatic heterocycles. The first-order valence-corrected chi connectivity index (χ1v) is 18.3. The van der Waals surface area contributed by atoms with Crippen LogP contribution >= 0.6 is 0 Å². The number of likely N-dealkylation sites (tertiary alicyclic amines) is 1. The van der Waals surface area contributed by atoms with Gasteiger partial charge in [-0.2, -0.15) is 0 Å². The van der Waals surface area contributed by atoms with Gasteiger partial charge in [0.25, 0.3) is 11.8 Å². The van der Waals surface area contributed by atoms with E-state index in [9.17, 15) is 28.8 Å². The minimum Gasteiger partial charge on any atom is -0.329 e. The van der Waals surface area contributed by atoms with E-state index in [2.05, 4.69) is 46.1 Å². The topological polar surface area (TPSA) is 115 Å². The largest absolute Gasteiger partial charge is 0.329 e. The highest BCUT2D eigenvalue weighted by molar-refractivity contribution is 6.23. The maximum Gasteiger partial charge on any atom is 0.262 e. The second kappa shape index (κ2) is 15.8. The molecule has 4 heterocycles. The Morgan fingerprint density at radius 2 is 1.35 bits per heavy atom. The molecule has 6 amide bonds. The molecule has 6 rings (SSSR count). The number of carbonyl (C=O) groups is 6. The van der Waals surface area contributed by atoms with Crippen molar-refractivity contribution >= 4 is 46.7 Å². The van der Waals surface area contributed by atoms with E-state index in [0.29, 0.717) is 5.92 Å². The van der Waals surface area contributed by atoms with E-state index in [1.165, 1.54) is 12.2 Å². The van der Waals surface area contributed by atoms with Crippen molar-refractivity contribution in [2.75, 3.05) is 18.0 Å². The van der Waals surface area contributed by atoms with Crippen LogP contribution in [0.4, 0.5) is 5.69 Å². The van der Waals surface area contributed by atoms with Crippen molar-refractivity contribution < 1.29 is 28.8 Å². The lowest BCUT2D eigenvalue weighted by atomic mass is 9.71. The molecule has 0 N–H and O–H groups in total. The van der Waals surface area contributed by atoms with Gasteiger partial charge in [-0.15, -0.1) is 0 Å². The third-order valence-corrected chi connectivity index (χ3v) is 10.6. The molecule has 1 aromatic rings. The van der Waals surface area contributed by atoms with E-state index < -0.39 is 17.4 Å². The van der Waals surface area contributed by atoms with E-state index >= 15 is 0 Å². The lowest BCUT2D eigenvalue weighted by molar-refractivity contribution is -0.155. The molecular formula is C44H50N4O6. The third-order valence-electron chi connectivity index (χ3n) is 10.6. The summed E-state index contributed by atoms with van der Waals surface area (Å²) in [6.45, 7) is 18.9. The molecule has 0 aromatic heterocycles. The first-order valence-electron chi connectivity index (χ1n) is 18.3. The van der Waals surface area contributed by atoms with Crippen LogP contribution in [0.2, 0.25) is 0 Å². The Hall–Kier alpha value is -5.64. The van der Waals surface area contributed by atoms with Crippen molar-refractivity contribution in [3.05, 3.63) is 121 Å². The van der Waals surface area contributed by atoms with Crippen LogP contribution < -0.4 is 4.90 Å². The summed E-state index contributed by atoms with van der Waals surface area (Å²) in [5.74, 6) is -1.47. The lowest BCUT2D eigenvalue weighted by Gasteiger charge is -2.53. The van der Waals surface area contributed by atoms with Crippen LogP contribution in [0, 0.1) is 11.8 Å². The van der Waals surface area contributed by atoms with Crippen molar-refractivity contribution in [1.82, 2.24) is 14.7 Å². The van der Waals surface area contributed by atoms with Crippen LogP contribution in [0.3, 0.4) is 0 Å². The van der Waals surface area contributed by atoms with Gasteiger partial charge in [-0.3, -0.25) is 38.6 Å². The molecular weight excluding hydrogens is 681 g/mol. The van der Waals surface area contributed by atoms with Gasteiger partial charge in [-0.1, -0.05) is 105 Å². The molecule has 1 aliphatic carbocycles. The van der Waals surface area contributed by atoms with Crippen molar-refractivity contribution in [3.8, 4) is 0 Å². The molecule has 1 saturated heterocycles. The number of imide groups is 2. The number of carbonyl (C=O) groups excluding carboxylic acids is 6. The predicted octanol–water partition coefficient (Wildman–Crippen LogP) is 6.26. The maximum absolute atomic E-state index is 13.3.